The molecule has 0 radical (unpaired) electrons. The minimum atomic E-state index is -0.608. The molecule has 1 aliphatic heterocycles. The van der Waals surface area contributed by atoms with Crippen LogP contribution in [0.3, 0.4) is 0 Å². The summed E-state index contributed by atoms with van der Waals surface area (Å²) in [6, 6.07) is 14.4. The highest BCUT2D eigenvalue weighted by molar-refractivity contribution is 5.94. The Balaban J connectivity index is 1.39. The lowest BCUT2D eigenvalue weighted by Crippen LogP contribution is -2.49. The molecule has 1 aliphatic rings. The summed E-state index contributed by atoms with van der Waals surface area (Å²) in [5.74, 6) is -1.36. The van der Waals surface area contributed by atoms with Crippen LogP contribution in [0.2, 0.25) is 0 Å². The number of nitrogens with one attached hydrogen (secondary N) is 2. The molecular formula is C23H27FN4O3. The van der Waals surface area contributed by atoms with Crippen LogP contribution in [0.25, 0.3) is 0 Å². The quantitative estimate of drug-likeness (QED) is 0.627. The zero-order valence-electron chi connectivity index (χ0n) is 17.2. The molecule has 3 amide bonds. The number of amides is 3. The molecule has 2 aromatic rings. The molecule has 4 N–H and O–H groups in total. The molecule has 0 bridgehead atoms. The van der Waals surface area contributed by atoms with E-state index < -0.39 is 11.9 Å². The van der Waals surface area contributed by atoms with Crippen molar-refractivity contribution in [1.82, 2.24) is 10.2 Å². The van der Waals surface area contributed by atoms with Crippen molar-refractivity contribution in [3.05, 3.63) is 66.0 Å². The number of nitrogens with two attached hydrogens (primary N) is 1. The molecule has 1 heterocycles. The Bertz CT molecular complexity index is 897. The van der Waals surface area contributed by atoms with Crippen molar-refractivity contribution in [1.29, 1.82) is 0 Å². The maximum atomic E-state index is 12.9. The van der Waals surface area contributed by atoms with E-state index in [1.807, 2.05) is 30.3 Å². The van der Waals surface area contributed by atoms with Crippen molar-refractivity contribution in [2.45, 2.75) is 25.3 Å². The van der Waals surface area contributed by atoms with Gasteiger partial charge in [0.25, 0.3) is 0 Å². The minimum absolute atomic E-state index is 0.110. The summed E-state index contributed by atoms with van der Waals surface area (Å²) in [5.41, 5.74) is 7.56. The van der Waals surface area contributed by atoms with Crippen molar-refractivity contribution >= 4 is 23.4 Å². The molecule has 31 heavy (non-hydrogen) atoms. The SMILES string of the molecule is N[C@@H](Cc1ccccc1)C(=O)N1CCC(C(=O)NCC(=O)Nc2ccc(F)cc2)CC1. The average Bonchev–Trinajstić information content (AvgIpc) is 2.79. The largest absolute Gasteiger partial charge is 0.347 e. The third kappa shape index (κ3) is 6.62. The van der Waals surface area contributed by atoms with Crippen LogP contribution in [-0.4, -0.2) is 48.3 Å². The van der Waals surface area contributed by atoms with E-state index in [-0.39, 0.29) is 30.2 Å². The first-order valence-corrected chi connectivity index (χ1v) is 10.3. The van der Waals surface area contributed by atoms with Gasteiger partial charge in [-0.05, 0) is 49.1 Å². The van der Waals surface area contributed by atoms with Crippen LogP contribution < -0.4 is 16.4 Å². The number of carbonyl (C=O) groups excluding carboxylic acids is 3. The minimum Gasteiger partial charge on any atom is -0.347 e. The molecule has 0 saturated carbocycles. The number of rotatable bonds is 7. The van der Waals surface area contributed by atoms with Crippen LogP contribution in [-0.2, 0) is 20.8 Å². The van der Waals surface area contributed by atoms with Crippen LogP contribution in [0.5, 0.6) is 0 Å². The van der Waals surface area contributed by atoms with Gasteiger partial charge in [0.15, 0.2) is 0 Å². The molecule has 1 atom stereocenters. The first-order chi connectivity index (χ1) is 14.9. The Morgan fingerprint density at radius 3 is 2.32 bits per heavy atom. The third-order valence-electron chi connectivity index (χ3n) is 5.34. The second-order valence-corrected chi connectivity index (χ2v) is 7.67. The highest BCUT2D eigenvalue weighted by Gasteiger charge is 2.29. The Hall–Kier alpha value is -3.26. The number of hydrogen-bond acceptors (Lipinski definition) is 4. The fraction of sp³-hybridized carbons (Fsp3) is 0.348. The molecule has 3 rings (SSSR count). The van der Waals surface area contributed by atoms with Gasteiger partial charge < -0.3 is 21.3 Å². The van der Waals surface area contributed by atoms with Gasteiger partial charge in [0.1, 0.15) is 5.82 Å². The van der Waals surface area contributed by atoms with E-state index in [4.69, 9.17) is 5.73 Å². The van der Waals surface area contributed by atoms with Gasteiger partial charge in [-0.2, -0.15) is 0 Å². The lowest BCUT2D eigenvalue weighted by Gasteiger charge is -2.33. The van der Waals surface area contributed by atoms with E-state index in [1.54, 1.807) is 4.90 Å². The molecule has 164 valence electrons. The summed E-state index contributed by atoms with van der Waals surface area (Å²) in [4.78, 5) is 38.7. The van der Waals surface area contributed by atoms with Crippen molar-refractivity contribution in [2.24, 2.45) is 11.7 Å². The standard InChI is InChI=1S/C23H27FN4O3/c24-18-6-8-19(9-7-18)27-21(29)15-26-22(30)17-10-12-28(13-11-17)23(31)20(25)14-16-4-2-1-3-5-16/h1-9,17,20H,10-15,25H2,(H,26,30)(H,27,29)/t20-/m0/s1. The molecule has 0 aliphatic carbocycles. The third-order valence-corrected chi connectivity index (χ3v) is 5.34. The summed E-state index contributed by atoms with van der Waals surface area (Å²) < 4.78 is 12.9. The van der Waals surface area contributed by atoms with Crippen molar-refractivity contribution in [3.63, 3.8) is 0 Å². The topological polar surface area (TPSA) is 105 Å². The highest BCUT2D eigenvalue weighted by Crippen LogP contribution is 2.18. The van der Waals surface area contributed by atoms with Crippen LogP contribution in [0.15, 0.2) is 54.6 Å². The molecule has 0 spiro atoms. The van der Waals surface area contributed by atoms with Crippen molar-refractivity contribution in [3.8, 4) is 0 Å². The molecule has 1 fully saturated rings. The number of likely N-dealkylation sites (tertiary alicyclic amines) is 1. The van der Waals surface area contributed by atoms with Gasteiger partial charge in [0.05, 0.1) is 12.6 Å². The lowest BCUT2D eigenvalue weighted by molar-refractivity contribution is -0.136. The summed E-state index contributed by atoms with van der Waals surface area (Å²) in [6.45, 7) is 0.750. The highest BCUT2D eigenvalue weighted by atomic mass is 19.1. The van der Waals surface area contributed by atoms with Crippen LogP contribution in [0, 0.1) is 11.7 Å². The van der Waals surface area contributed by atoms with E-state index in [0.29, 0.717) is 38.0 Å². The number of hydrogen-bond donors (Lipinski definition) is 3. The van der Waals surface area contributed by atoms with Crippen LogP contribution in [0.4, 0.5) is 10.1 Å². The van der Waals surface area contributed by atoms with E-state index in [2.05, 4.69) is 10.6 Å². The van der Waals surface area contributed by atoms with Gasteiger partial charge in [-0.1, -0.05) is 30.3 Å². The van der Waals surface area contributed by atoms with Crippen molar-refractivity contribution in [2.75, 3.05) is 25.0 Å². The molecule has 7 nitrogen and oxygen atoms in total. The van der Waals surface area contributed by atoms with E-state index >= 15 is 0 Å². The van der Waals surface area contributed by atoms with Gasteiger partial charge >= 0.3 is 0 Å². The lowest BCUT2D eigenvalue weighted by atomic mass is 9.95. The summed E-state index contributed by atoms with van der Waals surface area (Å²) in [5, 5.41) is 5.22. The zero-order chi connectivity index (χ0) is 22.2. The van der Waals surface area contributed by atoms with Crippen LogP contribution in [0.1, 0.15) is 18.4 Å². The maximum Gasteiger partial charge on any atom is 0.243 e. The number of anilines is 1. The first kappa shape index (κ1) is 22.4. The monoisotopic (exact) mass is 426 g/mol. The van der Waals surface area contributed by atoms with Gasteiger partial charge in [0.2, 0.25) is 17.7 Å². The molecule has 0 unspecified atom stereocenters. The number of halogens is 1. The number of nitrogens with zero attached hydrogens (tertiary/aromatic N) is 1. The summed E-state index contributed by atoms with van der Waals surface area (Å²) >= 11 is 0. The van der Waals surface area contributed by atoms with Gasteiger partial charge in [0, 0.05) is 24.7 Å². The second kappa shape index (κ2) is 10.7. The average molecular weight is 426 g/mol. The van der Waals surface area contributed by atoms with Crippen molar-refractivity contribution < 1.29 is 18.8 Å². The predicted octanol–water partition coefficient (Wildman–Crippen LogP) is 1.69. The smallest absolute Gasteiger partial charge is 0.243 e. The Morgan fingerprint density at radius 2 is 1.68 bits per heavy atom. The van der Waals surface area contributed by atoms with E-state index in [0.717, 1.165) is 5.56 Å². The van der Waals surface area contributed by atoms with E-state index in [9.17, 15) is 18.8 Å². The number of carbonyl (C=O) groups is 3. The molecular weight excluding hydrogens is 399 g/mol. The summed E-state index contributed by atoms with van der Waals surface area (Å²) in [6.07, 6.45) is 1.52. The Labute approximate surface area is 180 Å². The Kier molecular flexibility index (Phi) is 7.72. The normalized spacial score (nSPS) is 15.2. The number of piperidine rings is 1. The van der Waals surface area contributed by atoms with Gasteiger partial charge in [-0.15, -0.1) is 0 Å². The Morgan fingerprint density at radius 1 is 1.03 bits per heavy atom. The molecule has 2 aromatic carbocycles. The summed E-state index contributed by atoms with van der Waals surface area (Å²) in [7, 11) is 0. The fourth-order valence-corrected chi connectivity index (χ4v) is 3.60. The molecule has 0 aromatic heterocycles. The van der Waals surface area contributed by atoms with Gasteiger partial charge in [-0.25, -0.2) is 4.39 Å². The van der Waals surface area contributed by atoms with E-state index in [1.165, 1.54) is 24.3 Å². The number of benzene rings is 2. The maximum absolute atomic E-state index is 12.9. The van der Waals surface area contributed by atoms with Gasteiger partial charge in [-0.3, -0.25) is 14.4 Å². The fourth-order valence-electron chi connectivity index (χ4n) is 3.60. The first-order valence-electron chi connectivity index (χ1n) is 10.3. The zero-order valence-corrected chi connectivity index (χ0v) is 17.2. The second-order valence-electron chi connectivity index (χ2n) is 7.67. The van der Waals surface area contributed by atoms with Crippen LogP contribution >= 0.6 is 0 Å². The molecule has 8 heteroatoms. The molecule has 1 saturated heterocycles. The predicted molar refractivity (Wildman–Crippen MR) is 115 cm³/mol.